The van der Waals surface area contributed by atoms with E-state index in [9.17, 15) is 0 Å². The fourth-order valence-electron chi connectivity index (χ4n) is 6.40. The second-order valence-corrected chi connectivity index (χ2v) is 23.4. The zero-order valence-corrected chi connectivity index (χ0v) is 24.9. The number of para-hydroxylation sites is 2. The fourth-order valence-corrected chi connectivity index (χ4v) is 24.7. The number of nitrogens with zero attached hydrogens (tertiary/aromatic N) is 1. The average Bonchev–Trinajstić information content (AvgIpc) is 3.18. The Bertz CT molecular complexity index is 1150. The van der Waals surface area contributed by atoms with Crippen molar-refractivity contribution < 1.29 is 0 Å². The Morgan fingerprint density at radius 3 is 1.44 bits per heavy atom. The molecule has 0 aliphatic rings. The summed E-state index contributed by atoms with van der Waals surface area (Å²) in [7, 11) is 0. The molecule has 0 saturated heterocycles. The molecule has 0 N–H and O–H groups in total. The van der Waals surface area contributed by atoms with Gasteiger partial charge >= 0.3 is 212 Å². The van der Waals surface area contributed by atoms with Gasteiger partial charge in [0.1, 0.15) is 0 Å². The molecule has 34 heavy (non-hydrogen) atoms. The van der Waals surface area contributed by atoms with Crippen LogP contribution in [0, 0.1) is 13.8 Å². The van der Waals surface area contributed by atoms with Crippen molar-refractivity contribution in [2.75, 3.05) is 0 Å². The van der Waals surface area contributed by atoms with Crippen LogP contribution in [0.4, 0.5) is 0 Å². The molecule has 0 aliphatic carbocycles. The van der Waals surface area contributed by atoms with Gasteiger partial charge in [-0.25, -0.2) is 0 Å². The van der Waals surface area contributed by atoms with Gasteiger partial charge in [0.15, 0.2) is 0 Å². The molecule has 0 amide bonds. The van der Waals surface area contributed by atoms with Gasteiger partial charge in [-0.2, -0.15) is 0 Å². The van der Waals surface area contributed by atoms with Gasteiger partial charge in [0.2, 0.25) is 0 Å². The summed E-state index contributed by atoms with van der Waals surface area (Å²) >= 11 is -2.50. The van der Waals surface area contributed by atoms with Crippen molar-refractivity contribution in [2.45, 2.75) is 86.5 Å². The quantitative estimate of drug-likeness (QED) is 0.161. The van der Waals surface area contributed by atoms with Crippen molar-refractivity contribution >= 4 is 43.8 Å². The molecule has 4 rings (SSSR count). The Morgan fingerprint density at radius 2 is 1.03 bits per heavy atom. The first kappa shape index (κ1) is 25.4. The molecule has 0 atom stereocenters. The molecular weight excluding hydrogens is 517 g/mol. The van der Waals surface area contributed by atoms with Crippen molar-refractivity contribution in [1.29, 1.82) is 0 Å². The summed E-state index contributed by atoms with van der Waals surface area (Å²) in [5.41, 5.74) is 7.09. The molecule has 0 unspecified atom stereocenters. The molecule has 2 heteroatoms. The van der Waals surface area contributed by atoms with Crippen LogP contribution in [0.25, 0.3) is 27.5 Å². The Labute approximate surface area is 211 Å². The van der Waals surface area contributed by atoms with E-state index in [0.717, 1.165) is 0 Å². The van der Waals surface area contributed by atoms with Crippen molar-refractivity contribution in [1.82, 2.24) is 4.57 Å². The monoisotopic (exact) mass is 561 g/mol. The van der Waals surface area contributed by atoms with Crippen LogP contribution in [0.2, 0.25) is 13.3 Å². The van der Waals surface area contributed by atoms with E-state index in [1.54, 1.807) is 11.1 Å². The summed E-state index contributed by atoms with van der Waals surface area (Å²) in [6, 6.07) is 22.8. The topological polar surface area (TPSA) is 4.93 Å². The minimum atomic E-state index is -2.50. The number of hydrogen-bond acceptors (Lipinski definition) is 0. The zero-order chi connectivity index (χ0) is 24.1. The number of fused-ring (bicyclic) bond motifs is 3. The van der Waals surface area contributed by atoms with E-state index in [0.29, 0.717) is 0 Å². The first-order chi connectivity index (χ1) is 16.6. The van der Waals surface area contributed by atoms with Gasteiger partial charge in [-0.15, -0.1) is 0 Å². The van der Waals surface area contributed by atoms with E-state index in [-0.39, 0.29) is 0 Å². The summed E-state index contributed by atoms with van der Waals surface area (Å²) in [5.74, 6) is 0. The number of benzene rings is 3. The van der Waals surface area contributed by atoms with Gasteiger partial charge in [0.25, 0.3) is 0 Å². The molecule has 1 aromatic heterocycles. The van der Waals surface area contributed by atoms with Crippen LogP contribution in [-0.2, 0) is 0 Å². The van der Waals surface area contributed by atoms with Crippen molar-refractivity contribution in [3.63, 3.8) is 0 Å². The third-order valence-corrected chi connectivity index (χ3v) is 24.4. The molecule has 0 aliphatic heterocycles. The van der Waals surface area contributed by atoms with Gasteiger partial charge in [-0.05, 0) is 0 Å². The van der Waals surface area contributed by atoms with Crippen LogP contribution in [0.15, 0.2) is 60.7 Å². The second kappa shape index (κ2) is 11.3. The van der Waals surface area contributed by atoms with E-state index in [2.05, 4.69) is 99.8 Å². The van der Waals surface area contributed by atoms with Crippen LogP contribution in [-0.4, -0.2) is 22.9 Å². The van der Waals surface area contributed by atoms with E-state index < -0.39 is 18.4 Å². The number of aromatic nitrogens is 1. The van der Waals surface area contributed by atoms with Crippen LogP contribution < -0.4 is 3.58 Å². The molecule has 0 saturated carbocycles. The zero-order valence-electron chi connectivity index (χ0n) is 22.1. The second-order valence-electron chi connectivity index (χ2n) is 10.4. The van der Waals surface area contributed by atoms with Gasteiger partial charge < -0.3 is 0 Å². The molecule has 0 bridgehead atoms. The number of aryl methyl sites for hydroxylation is 2. The van der Waals surface area contributed by atoms with Crippen LogP contribution in [0.5, 0.6) is 0 Å². The third kappa shape index (κ3) is 4.83. The Balaban J connectivity index is 1.90. The van der Waals surface area contributed by atoms with E-state index in [1.165, 1.54) is 79.3 Å². The van der Waals surface area contributed by atoms with Crippen molar-refractivity contribution in [3.05, 3.63) is 71.8 Å². The molecule has 4 aromatic rings. The van der Waals surface area contributed by atoms with E-state index in [1.807, 2.05) is 3.58 Å². The predicted molar refractivity (Wildman–Crippen MR) is 155 cm³/mol. The normalized spacial score (nSPS) is 12.1. The van der Waals surface area contributed by atoms with Gasteiger partial charge in [-0.1, -0.05) is 0 Å². The Kier molecular flexibility index (Phi) is 8.45. The summed E-state index contributed by atoms with van der Waals surface area (Å²) in [6.07, 6.45) is 8.22. The first-order valence-corrected chi connectivity index (χ1v) is 21.1. The first-order valence-electron chi connectivity index (χ1n) is 13.7. The fraction of sp³-hybridized carbons (Fsp3) is 0.438. The minimum absolute atomic E-state index is 1.31. The standard InChI is InChI=1S/C20H16N.3C4H9.Sn/c1-14-11-15(2)13-16(12-14)21-19-9-5-3-7-17(19)18-8-4-6-10-20(18)21;3*1-3-4-2;/h3-10,12-13H,1-2H3;3*1,3-4H2,2H3;. The number of rotatable bonds is 11. The maximum absolute atomic E-state index is 2.52. The summed E-state index contributed by atoms with van der Waals surface area (Å²) < 4.78 is 8.94. The molecule has 180 valence electrons. The third-order valence-electron chi connectivity index (χ3n) is 7.91. The molecule has 0 radical (unpaired) electrons. The van der Waals surface area contributed by atoms with Crippen molar-refractivity contribution in [3.8, 4) is 5.69 Å². The van der Waals surface area contributed by atoms with Gasteiger partial charge in [-0.3, -0.25) is 0 Å². The van der Waals surface area contributed by atoms with Crippen molar-refractivity contribution in [2.24, 2.45) is 0 Å². The molecular formula is C32H43NSn. The van der Waals surface area contributed by atoms with Crippen LogP contribution in [0.3, 0.4) is 0 Å². The number of hydrogen-bond donors (Lipinski definition) is 0. The summed E-state index contributed by atoms with van der Waals surface area (Å²) in [5, 5.41) is 2.69. The van der Waals surface area contributed by atoms with Crippen LogP contribution >= 0.6 is 0 Å². The molecule has 1 nitrogen and oxygen atoms in total. The molecule has 3 aromatic carbocycles. The molecule has 0 spiro atoms. The Morgan fingerprint density at radius 1 is 0.618 bits per heavy atom. The number of unbranched alkanes of at least 4 members (excludes halogenated alkanes) is 3. The summed E-state index contributed by atoms with van der Waals surface area (Å²) in [6.45, 7) is 12.0. The molecule has 0 fully saturated rings. The van der Waals surface area contributed by atoms with Crippen LogP contribution in [0.1, 0.15) is 70.4 Å². The SMILES string of the molecule is CCC[CH2][Sn]([CH2]CCC)([CH2]CCC)[c]1c(C)cc(-n2c3ccccc3c3ccccc32)cc1C. The molecule has 1 heterocycles. The summed E-state index contributed by atoms with van der Waals surface area (Å²) in [4.78, 5) is 0. The van der Waals surface area contributed by atoms with Gasteiger partial charge in [0.05, 0.1) is 0 Å². The van der Waals surface area contributed by atoms with E-state index in [4.69, 9.17) is 0 Å². The van der Waals surface area contributed by atoms with Gasteiger partial charge in [0, 0.05) is 0 Å². The average molecular weight is 560 g/mol. The maximum atomic E-state index is 2.52. The Hall–Kier alpha value is -1.74. The predicted octanol–water partition coefficient (Wildman–Crippen LogP) is 9.46. The van der Waals surface area contributed by atoms with E-state index >= 15 is 0 Å².